The molecule has 0 radical (unpaired) electrons. The second kappa shape index (κ2) is 12.2. The van der Waals surface area contributed by atoms with Crippen molar-refractivity contribution in [3.8, 4) is 22.3 Å². The molecule has 8 aromatic rings. The Balaban J connectivity index is 1.23. The zero-order valence-electron chi connectivity index (χ0n) is 35.2. The Kier molecular flexibility index (Phi) is 7.22. The molecule has 0 atom stereocenters. The van der Waals surface area contributed by atoms with Gasteiger partial charge in [0.1, 0.15) is 0 Å². The molecule has 0 fully saturated rings. The second-order valence-corrected chi connectivity index (χ2v) is 18.9. The Morgan fingerprint density at radius 1 is 0.500 bits per heavy atom. The van der Waals surface area contributed by atoms with Crippen LogP contribution in [0, 0.1) is 6.92 Å². The van der Waals surface area contributed by atoms with E-state index in [-0.39, 0.29) is 17.7 Å². The molecule has 0 spiro atoms. The topological polar surface area (TPSA) is 6.48 Å². The fourth-order valence-corrected chi connectivity index (χ4v) is 11.7. The van der Waals surface area contributed by atoms with E-state index in [0.29, 0.717) is 0 Å². The van der Waals surface area contributed by atoms with Crippen molar-refractivity contribution < 1.29 is 0 Å². The highest BCUT2D eigenvalue weighted by Gasteiger charge is 2.53. The van der Waals surface area contributed by atoms with Crippen LogP contribution in [0.3, 0.4) is 0 Å². The lowest BCUT2D eigenvalue weighted by atomic mass is 9.42. The van der Waals surface area contributed by atoms with Crippen LogP contribution >= 0.6 is 0 Å². The monoisotopic (exact) mass is 770 g/mol. The van der Waals surface area contributed by atoms with Crippen LogP contribution in [0.15, 0.2) is 176 Å². The van der Waals surface area contributed by atoms with Gasteiger partial charge < -0.3 is 9.71 Å². The maximum absolute atomic E-state index is 2.69. The molecule has 0 saturated heterocycles. The van der Waals surface area contributed by atoms with Gasteiger partial charge in [-0.3, -0.25) is 0 Å². The molecule has 8 aromatic carbocycles. The minimum atomic E-state index is -0.549. The van der Waals surface area contributed by atoms with Crippen molar-refractivity contribution in [2.75, 3.05) is 9.71 Å². The van der Waals surface area contributed by atoms with Gasteiger partial charge >= 0.3 is 6.85 Å². The zero-order chi connectivity index (χ0) is 40.7. The van der Waals surface area contributed by atoms with Crippen LogP contribution in [0.4, 0.5) is 28.4 Å². The van der Waals surface area contributed by atoms with Gasteiger partial charge in [0.15, 0.2) is 0 Å². The number of benzene rings is 8. The van der Waals surface area contributed by atoms with Crippen molar-refractivity contribution >= 4 is 46.2 Å². The van der Waals surface area contributed by atoms with E-state index >= 15 is 0 Å². The van der Waals surface area contributed by atoms with Crippen LogP contribution in [0.2, 0.25) is 0 Å². The summed E-state index contributed by atoms with van der Waals surface area (Å²) < 4.78 is 0. The number of para-hydroxylation sites is 2. The van der Waals surface area contributed by atoms with E-state index in [4.69, 9.17) is 0 Å². The fourth-order valence-electron chi connectivity index (χ4n) is 11.7. The van der Waals surface area contributed by atoms with Crippen LogP contribution in [0.1, 0.15) is 79.1 Å². The second-order valence-electron chi connectivity index (χ2n) is 18.9. The van der Waals surface area contributed by atoms with E-state index in [2.05, 4.69) is 227 Å². The summed E-state index contributed by atoms with van der Waals surface area (Å²) in [6, 6.07) is 67.2. The average molecular weight is 771 g/mol. The van der Waals surface area contributed by atoms with Crippen LogP contribution in [-0.4, -0.2) is 6.85 Å². The van der Waals surface area contributed by atoms with Crippen molar-refractivity contribution in [1.29, 1.82) is 0 Å². The normalized spacial score (nSPS) is 15.7. The first kappa shape index (κ1) is 35.4. The molecule has 0 N–H and O–H groups in total. The Hall–Kier alpha value is -6.58. The molecule has 2 nitrogen and oxygen atoms in total. The van der Waals surface area contributed by atoms with Gasteiger partial charge in [-0.05, 0) is 115 Å². The lowest BCUT2D eigenvalue weighted by Gasteiger charge is -2.52. The Morgan fingerprint density at radius 2 is 1.13 bits per heavy atom. The van der Waals surface area contributed by atoms with Crippen molar-refractivity contribution in [3.05, 3.63) is 220 Å². The number of fused-ring (bicyclic) bond motifs is 10. The predicted octanol–water partition coefficient (Wildman–Crippen LogP) is 13.0. The molecular weight excluding hydrogens is 723 g/mol. The summed E-state index contributed by atoms with van der Waals surface area (Å²) in [6.07, 6.45) is 0. The summed E-state index contributed by atoms with van der Waals surface area (Å²) in [7, 11) is 0. The average Bonchev–Trinajstić information content (AvgIpc) is 3.50. The van der Waals surface area contributed by atoms with E-state index < -0.39 is 5.41 Å². The minimum absolute atomic E-state index is 0.0428. The molecule has 60 heavy (non-hydrogen) atoms. The molecule has 3 heterocycles. The van der Waals surface area contributed by atoms with Crippen molar-refractivity contribution in [1.82, 2.24) is 0 Å². The third kappa shape index (κ3) is 4.50. The minimum Gasteiger partial charge on any atom is -0.376 e. The summed E-state index contributed by atoms with van der Waals surface area (Å²) in [5.41, 5.74) is 24.3. The molecule has 3 heteroatoms. The standard InChI is InChI=1S/C57H47BN2/c1-36-34-42-52-49(33-32-45-51(52)41-22-13-14-23-43(41)56(45,5)6)60(40-30-28-37(29-31-40)55(2,3)4)58-47-26-17-25-46-54(47)59(50(35-36)53(42)58)48-27-16-15-24-44(48)57(46,38-18-9-7-10-19-38)39-20-11-8-12-21-39/h7-35H,1-6H3. The predicted molar refractivity (Wildman–Crippen MR) is 253 cm³/mol. The molecule has 1 aliphatic carbocycles. The molecule has 0 unspecified atom stereocenters. The van der Waals surface area contributed by atoms with Crippen molar-refractivity contribution in [2.45, 2.75) is 57.8 Å². The maximum Gasteiger partial charge on any atom is 0.333 e. The van der Waals surface area contributed by atoms with Crippen LogP contribution in [-0.2, 0) is 16.2 Å². The number of nitrogens with zero attached hydrogens (tertiary/aromatic N) is 2. The summed E-state index contributed by atoms with van der Waals surface area (Å²) in [4.78, 5) is 5.33. The van der Waals surface area contributed by atoms with Crippen LogP contribution in [0.25, 0.3) is 22.3 Å². The lowest BCUT2D eigenvalue weighted by molar-refractivity contribution is 0.590. The quantitative estimate of drug-likeness (QED) is 0.165. The first-order valence-corrected chi connectivity index (χ1v) is 21.6. The molecule has 288 valence electrons. The SMILES string of the molecule is Cc1cc2c3c(c1)N1c4ccccc4C(c4ccccc4)(c4ccccc4)c4cccc(c41)B3N(c1ccc(C(C)(C)C)cc1)c1ccc3c(c1-2)-c1ccccc1C3(C)C. The van der Waals surface area contributed by atoms with Gasteiger partial charge in [0.05, 0.1) is 11.1 Å². The smallest absolute Gasteiger partial charge is 0.333 e. The van der Waals surface area contributed by atoms with Crippen molar-refractivity contribution in [2.24, 2.45) is 0 Å². The van der Waals surface area contributed by atoms with Crippen molar-refractivity contribution in [3.63, 3.8) is 0 Å². The summed E-state index contributed by atoms with van der Waals surface area (Å²) in [5.74, 6) is 0. The lowest BCUT2D eigenvalue weighted by Crippen LogP contribution is -2.62. The molecule has 0 amide bonds. The number of hydrogen-bond donors (Lipinski definition) is 0. The highest BCUT2D eigenvalue weighted by molar-refractivity contribution is 6.93. The van der Waals surface area contributed by atoms with E-state index in [1.807, 2.05) is 0 Å². The molecule has 4 aliphatic rings. The van der Waals surface area contributed by atoms with Gasteiger partial charge in [-0.15, -0.1) is 0 Å². The largest absolute Gasteiger partial charge is 0.376 e. The summed E-state index contributed by atoms with van der Waals surface area (Å²) >= 11 is 0. The number of rotatable bonds is 3. The summed E-state index contributed by atoms with van der Waals surface area (Å²) in [6.45, 7) is 13.9. The van der Waals surface area contributed by atoms with E-state index in [1.165, 1.54) is 106 Å². The Morgan fingerprint density at radius 3 is 1.83 bits per heavy atom. The number of aryl methyl sites for hydroxylation is 1. The third-order valence-electron chi connectivity index (χ3n) is 14.3. The van der Waals surface area contributed by atoms with E-state index in [0.717, 1.165) is 0 Å². The first-order chi connectivity index (χ1) is 29.1. The van der Waals surface area contributed by atoms with Gasteiger partial charge in [-0.2, -0.15) is 0 Å². The Labute approximate surface area is 354 Å². The van der Waals surface area contributed by atoms with Gasteiger partial charge in [0.2, 0.25) is 0 Å². The highest BCUT2D eigenvalue weighted by atomic mass is 15.2. The highest BCUT2D eigenvalue weighted by Crippen LogP contribution is 2.61. The zero-order valence-corrected chi connectivity index (χ0v) is 35.2. The van der Waals surface area contributed by atoms with E-state index in [1.54, 1.807) is 0 Å². The molecule has 0 bridgehead atoms. The molecule has 12 rings (SSSR count). The third-order valence-corrected chi connectivity index (χ3v) is 14.3. The van der Waals surface area contributed by atoms with E-state index in [9.17, 15) is 0 Å². The van der Waals surface area contributed by atoms with Gasteiger partial charge in [-0.25, -0.2) is 0 Å². The van der Waals surface area contributed by atoms with Gasteiger partial charge in [0, 0.05) is 33.7 Å². The first-order valence-electron chi connectivity index (χ1n) is 21.6. The van der Waals surface area contributed by atoms with Crippen LogP contribution < -0.4 is 20.6 Å². The Bertz CT molecular complexity index is 3020. The molecule has 3 aliphatic heterocycles. The summed E-state index contributed by atoms with van der Waals surface area (Å²) in [5, 5.41) is 0. The van der Waals surface area contributed by atoms with Gasteiger partial charge in [-0.1, -0.05) is 180 Å². The number of anilines is 5. The molecule has 0 saturated carbocycles. The molecular formula is C57H47BN2. The van der Waals surface area contributed by atoms with Crippen LogP contribution in [0.5, 0.6) is 0 Å². The fraction of sp³-hybridized carbons (Fsp3) is 0.158. The number of hydrogen-bond acceptors (Lipinski definition) is 2. The molecule has 0 aromatic heterocycles. The van der Waals surface area contributed by atoms with Gasteiger partial charge in [0.25, 0.3) is 0 Å². The maximum atomic E-state index is 2.69.